The van der Waals surface area contributed by atoms with Gasteiger partial charge in [0, 0.05) is 6.42 Å². The molecule has 0 unspecified atom stereocenters. The Morgan fingerprint density at radius 1 is 0.750 bits per heavy atom. The summed E-state index contributed by atoms with van der Waals surface area (Å²) in [4.78, 5) is 0. The van der Waals surface area contributed by atoms with Crippen LogP contribution in [0.1, 0.15) is 128 Å². The fourth-order valence-corrected chi connectivity index (χ4v) is 7.33. The normalized spacial score (nSPS) is 31.2. The van der Waals surface area contributed by atoms with Crippen molar-refractivity contribution >= 4 is 0 Å². The summed E-state index contributed by atoms with van der Waals surface area (Å²) < 4.78 is 12.3. The molecule has 0 bridgehead atoms. The smallest absolute Gasteiger partial charge is 0.119 e. The Bertz CT molecular complexity index is 688. The Balaban J connectivity index is 1.04. The minimum atomic E-state index is 0.491. The van der Waals surface area contributed by atoms with Gasteiger partial charge < -0.3 is 9.47 Å². The minimum Gasteiger partial charge on any atom is -0.494 e. The first-order valence-electron chi connectivity index (χ1n) is 15.7. The van der Waals surface area contributed by atoms with Gasteiger partial charge in [0.15, 0.2) is 0 Å². The van der Waals surface area contributed by atoms with Crippen LogP contribution in [0.25, 0.3) is 0 Å². The van der Waals surface area contributed by atoms with Crippen LogP contribution in [0.5, 0.6) is 5.75 Å². The molecule has 2 heteroatoms. The lowest BCUT2D eigenvalue weighted by Gasteiger charge is -2.37. The van der Waals surface area contributed by atoms with E-state index in [1.54, 1.807) is 0 Å². The molecule has 3 aliphatic carbocycles. The van der Waals surface area contributed by atoms with Crippen molar-refractivity contribution in [3.8, 4) is 5.75 Å². The molecule has 3 aliphatic rings. The van der Waals surface area contributed by atoms with E-state index in [9.17, 15) is 0 Å². The van der Waals surface area contributed by atoms with Gasteiger partial charge >= 0.3 is 0 Å². The first kappa shape index (κ1) is 27.9. The highest BCUT2D eigenvalue weighted by Gasteiger charge is 2.30. The van der Waals surface area contributed by atoms with E-state index in [4.69, 9.17) is 9.47 Å². The maximum atomic E-state index is 6.23. The maximum Gasteiger partial charge on any atom is 0.119 e. The number of rotatable bonds is 13. The summed E-state index contributed by atoms with van der Waals surface area (Å²) in [6.07, 6.45) is 25.5. The van der Waals surface area contributed by atoms with E-state index in [-0.39, 0.29) is 0 Å². The van der Waals surface area contributed by atoms with Gasteiger partial charge in [-0.3, -0.25) is 0 Å². The summed E-state index contributed by atoms with van der Waals surface area (Å²) in [7, 11) is 0. The molecule has 0 aliphatic heterocycles. The van der Waals surface area contributed by atoms with E-state index in [0.717, 1.165) is 55.0 Å². The van der Waals surface area contributed by atoms with E-state index in [1.165, 1.54) is 108 Å². The number of hydrogen-bond acceptors (Lipinski definition) is 2. The second-order valence-electron chi connectivity index (χ2n) is 12.5. The molecule has 0 aromatic heterocycles. The largest absolute Gasteiger partial charge is 0.494 e. The molecule has 0 heterocycles. The Kier molecular flexibility index (Phi) is 11.9. The second kappa shape index (κ2) is 15.3. The molecule has 202 valence electrons. The topological polar surface area (TPSA) is 18.5 Å². The average Bonchev–Trinajstić information content (AvgIpc) is 2.93. The summed E-state index contributed by atoms with van der Waals surface area (Å²) in [6, 6.07) is 8.99. The molecule has 2 nitrogen and oxygen atoms in total. The van der Waals surface area contributed by atoms with Gasteiger partial charge in [-0.05, 0) is 111 Å². The lowest BCUT2D eigenvalue weighted by atomic mass is 9.71. The summed E-state index contributed by atoms with van der Waals surface area (Å²) in [5.41, 5.74) is 1.51. The highest BCUT2D eigenvalue weighted by atomic mass is 16.5. The van der Waals surface area contributed by atoms with Crippen molar-refractivity contribution < 1.29 is 9.47 Å². The van der Waals surface area contributed by atoms with Crippen LogP contribution in [0.4, 0.5) is 0 Å². The van der Waals surface area contributed by atoms with E-state index < -0.39 is 0 Å². The van der Waals surface area contributed by atoms with Crippen molar-refractivity contribution in [2.24, 2.45) is 23.7 Å². The minimum absolute atomic E-state index is 0.491. The lowest BCUT2D eigenvalue weighted by molar-refractivity contribution is 0.00301. The Morgan fingerprint density at radius 3 is 2.08 bits per heavy atom. The monoisotopic (exact) mass is 494 g/mol. The standard InChI is InChI=1S/C34H54O2/c1-3-4-5-6-8-28-11-15-30(16-12-28)32-19-23-34(24-20-32)36-26-7-25-35-33-21-17-31(18-22-33)29-13-9-27(2)10-14-29/h3,19-20,23-24,27-31,33H,1,4-18,21-22,25-26H2,2H3. The first-order valence-corrected chi connectivity index (χ1v) is 15.7. The third-order valence-corrected chi connectivity index (χ3v) is 9.83. The first-order chi connectivity index (χ1) is 17.7. The van der Waals surface area contributed by atoms with Crippen molar-refractivity contribution in [1.82, 2.24) is 0 Å². The van der Waals surface area contributed by atoms with Gasteiger partial charge in [-0.1, -0.05) is 58.1 Å². The molecule has 0 atom stereocenters. The Labute approximate surface area is 223 Å². The van der Waals surface area contributed by atoms with E-state index in [1.807, 2.05) is 0 Å². The molecule has 0 spiro atoms. The predicted molar refractivity (Wildman–Crippen MR) is 152 cm³/mol. The number of unbranched alkanes of at least 4 members (excludes halogenated alkanes) is 3. The Morgan fingerprint density at radius 2 is 1.42 bits per heavy atom. The van der Waals surface area contributed by atoms with Crippen LogP contribution in [0.2, 0.25) is 0 Å². The highest BCUT2D eigenvalue weighted by molar-refractivity contribution is 5.29. The zero-order chi connectivity index (χ0) is 25.0. The summed E-state index contributed by atoms with van der Waals surface area (Å²) in [5.74, 6) is 5.66. The van der Waals surface area contributed by atoms with Crippen LogP contribution in [-0.4, -0.2) is 19.3 Å². The zero-order valence-electron chi connectivity index (χ0n) is 23.3. The highest BCUT2D eigenvalue weighted by Crippen LogP contribution is 2.40. The van der Waals surface area contributed by atoms with Gasteiger partial charge in [-0.2, -0.15) is 0 Å². The van der Waals surface area contributed by atoms with Gasteiger partial charge in [-0.15, -0.1) is 12.8 Å². The van der Waals surface area contributed by atoms with Crippen molar-refractivity contribution in [2.45, 2.75) is 128 Å². The van der Waals surface area contributed by atoms with Gasteiger partial charge in [0.05, 0.1) is 19.3 Å². The van der Waals surface area contributed by atoms with Gasteiger partial charge in [0.2, 0.25) is 0 Å². The molecular formula is C34H54O2. The third-order valence-electron chi connectivity index (χ3n) is 9.83. The second-order valence-corrected chi connectivity index (χ2v) is 12.5. The van der Waals surface area contributed by atoms with Crippen LogP contribution < -0.4 is 4.74 Å². The molecule has 3 fully saturated rings. The molecule has 0 radical (unpaired) electrons. The van der Waals surface area contributed by atoms with Crippen LogP contribution >= 0.6 is 0 Å². The number of benzene rings is 1. The third kappa shape index (κ3) is 9.00. The molecule has 0 amide bonds. The van der Waals surface area contributed by atoms with Gasteiger partial charge in [-0.25, -0.2) is 0 Å². The summed E-state index contributed by atoms with van der Waals surface area (Å²) in [6.45, 7) is 7.86. The molecular weight excluding hydrogens is 440 g/mol. The van der Waals surface area contributed by atoms with Gasteiger partial charge in [0.1, 0.15) is 5.75 Å². The molecule has 0 saturated heterocycles. The zero-order valence-corrected chi connectivity index (χ0v) is 23.3. The fourth-order valence-electron chi connectivity index (χ4n) is 7.33. The van der Waals surface area contributed by atoms with E-state index in [0.29, 0.717) is 6.10 Å². The summed E-state index contributed by atoms with van der Waals surface area (Å²) >= 11 is 0. The SMILES string of the molecule is [CH2+][CH-]CCCCC1CCC(c2ccc(OCCCOC3CCC(C4CCC(C)CC4)CC3)cc2)CC1. The van der Waals surface area contributed by atoms with Crippen LogP contribution in [0, 0.1) is 37.0 Å². The maximum absolute atomic E-state index is 6.23. The van der Waals surface area contributed by atoms with Crippen molar-refractivity contribution in [1.29, 1.82) is 0 Å². The number of ether oxygens (including phenoxy) is 2. The molecule has 36 heavy (non-hydrogen) atoms. The van der Waals surface area contributed by atoms with Crippen molar-refractivity contribution in [3.63, 3.8) is 0 Å². The Hall–Kier alpha value is -1.15. The van der Waals surface area contributed by atoms with E-state index in [2.05, 4.69) is 44.5 Å². The fraction of sp³-hybridized carbons (Fsp3) is 0.765. The van der Waals surface area contributed by atoms with Crippen molar-refractivity contribution in [3.05, 3.63) is 43.2 Å². The van der Waals surface area contributed by atoms with Crippen LogP contribution in [-0.2, 0) is 4.74 Å². The molecule has 0 N–H and O–H groups in total. The van der Waals surface area contributed by atoms with Crippen LogP contribution in [0.3, 0.4) is 0 Å². The van der Waals surface area contributed by atoms with Crippen LogP contribution in [0.15, 0.2) is 24.3 Å². The average molecular weight is 495 g/mol. The predicted octanol–water partition coefficient (Wildman–Crippen LogP) is 9.73. The molecule has 1 aromatic carbocycles. The number of hydrogen-bond donors (Lipinski definition) is 0. The quantitative estimate of drug-likeness (QED) is 0.201. The molecule has 1 aromatic rings. The lowest BCUT2D eigenvalue weighted by Crippen LogP contribution is -2.28. The van der Waals surface area contributed by atoms with Gasteiger partial charge in [0.25, 0.3) is 0 Å². The molecule has 3 saturated carbocycles. The van der Waals surface area contributed by atoms with E-state index >= 15 is 0 Å². The summed E-state index contributed by atoms with van der Waals surface area (Å²) in [5, 5.41) is 0. The molecule has 4 rings (SSSR count). The van der Waals surface area contributed by atoms with Crippen molar-refractivity contribution in [2.75, 3.05) is 13.2 Å².